The van der Waals surface area contributed by atoms with E-state index in [1.54, 1.807) is 0 Å². The van der Waals surface area contributed by atoms with Crippen LogP contribution in [-0.4, -0.2) is 23.8 Å². The fraction of sp³-hybridized carbons (Fsp3) is 0.231. The summed E-state index contributed by atoms with van der Waals surface area (Å²) in [5.41, 5.74) is 18.7. The van der Waals surface area contributed by atoms with Gasteiger partial charge < -0.3 is 11.5 Å². The molecule has 0 atom stereocenters. The monoisotopic (exact) mass is 470 g/mol. The van der Waals surface area contributed by atoms with E-state index in [4.69, 9.17) is 11.5 Å². The van der Waals surface area contributed by atoms with Gasteiger partial charge in [-0.3, -0.25) is 9.98 Å². The van der Waals surface area contributed by atoms with E-state index in [-0.39, 0.29) is 36.9 Å². The lowest BCUT2D eigenvalue weighted by Gasteiger charge is -2.10. The zero-order chi connectivity index (χ0) is 21.7. The van der Waals surface area contributed by atoms with Gasteiger partial charge in [0.25, 0.3) is 0 Å². The highest BCUT2D eigenvalue weighted by molar-refractivity contribution is 5.99. The van der Waals surface area contributed by atoms with E-state index in [1.165, 1.54) is 0 Å². The zero-order valence-electron chi connectivity index (χ0n) is 18.9. The molecule has 3 rings (SSSR count). The Morgan fingerprint density at radius 2 is 0.875 bits per heavy atom. The van der Waals surface area contributed by atoms with Crippen LogP contribution in [0, 0.1) is 0 Å². The van der Waals surface area contributed by atoms with E-state index >= 15 is 0 Å². The molecule has 0 bridgehead atoms. The summed E-state index contributed by atoms with van der Waals surface area (Å²) in [5.74, 6) is 1.13. The topological polar surface area (TPSA) is 76.8 Å². The number of hydrogen-bond acceptors (Lipinski definition) is 2. The summed E-state index contributed by atoms with van der Waals surface area (Å²) in [4.78, 5) is 8.93. The molecule has 4 nitrogen and oxygen atoms in total. The molecule has 0 saturated heterocycles. The predicted molar refractivity (Wildman–Crippen MR) is 144 cm³/mol. The second-order valence-electron chi connectivity index (χ2n) is 7.96. The van der Waals surface area contributed by atoms with Crippen LogP contribution in [0.15, 0.2) is 82.8 Å². The van der Waals surface area contributed by atoms with Crippen LogP contribution in [0.25, 0.3) is 22.3 Å². The number of benzene rings is 3. The molecule has 0 amide bonds. The molecular formula is C26H32Cl2N4. The third-order valence-corrected chi connectivity index (χ3v) is 4.64. The predicted octanol–water partition coefficient (Wildman–Crippen LogP) is 6.09. The van der Waals surface area contributed by atoms with E-state index < -0.39 is 0 Å². The average Bonchev–Trinajstić information content (AvgIpc) is 2.73. The molecule has 0 aliphatic rings. The Morgan fingerprint density at radius 1 is 0.562 bits per heavy atom. The van der Waals surface area contributed by atoms with E-state index in [0.29, 0.717) is 11.7 Å². The van der Waals surface area contributed by atoms with Crippen molar-refractivity contribution in [1.82, 2.24) is 0 Å². The maximum absolute atomic E-state index is 6.17. The standard InChI is InChI=1S/C26H30N4.2ClH/c1-17(2)29-25(27)23-12-6-10-21(15-23)19-8-5-9-20(14-19)22-11-7-13-24(16-22)26(28)30-18(3)4;;/h5-18H,1-4H3,(H2,27,29)(H2,28,30);2*1H. The summed E-state index contributed by atoms with van der Waals surface area (Å²) in [6.45, 7) is 8.08. The molecule has 3 aromatic rings. The van der Waals surface area contributed by atoms with Gasteiger partial charge in [0.15, 0.2) is 0 Å². The van der Waals surface area contributed by atoms with Crippen LogP contribution in [0.2, 0.25) is 0 Å². The molecule has 0 heterocycles. The number of aliphatic imine (C=N–C) groups is 2. The van der Waals surface area contributed by atoms with Crippen molar-refractivity contribution >= 4 is 36.5 Å². The molecule has 6 heteroatoms. The van der Waals surface area contributed by atoms with Gasteiger partial charge in [-0.2, -0.15) is 0 Å². The van der Waals surface area contributed by atoms with Crippen molar-refractivity contribution in [2.45, 2.75) is 39.8 Å². The van der Waals surface area contributed by atoms with Gasteiger partial charge in [-0.1, -0.05) is 54.6 Å². The first kappa shape index (κ1) is 27.2. The minimum atomic E-state index is 0. The summed E-state index contributed by atoms with van der Waals surface area (Å²) >= 11 is 0. The fourth-order valence-electron chi connectivity index (χ4n) is 3.30. The number of nitrogens with zero attached hydrogens (tertiary/aromatic N) is 2. The van der Waals surface area contributed by atoms with Gasteiger partial charge in [-0.05, 0) is 68.1 Å². The van der Waals surface area contributed by atoms with E-state index in [2.05, 4.69) is 58.5 Å². The lowest BCUT2D eigenvalue weighted by Crippen LogP contribution is -2.15. The molecule has 0 aliphatic carbocycles. The maximum Gasteiger partial charge on any atom is 0.125 e. The van der Waals surface area contributed by atoms with Crippen LogP contribution >= 0.6 is 24.8 Å². The van der Waals surface area contributed by atoms with Crippen molar-refractivity contribution in [3.8, 4) is 22.3 Å². The van der Waals surface area contributed by atoms with Crippen LogP contribution in [-0.2, 0) is 0 Å². The van der Waals surface area contributed by atoms with Crippen LogP contribution < -0.4 is 11.5 Å². The highest BCUT2D eigenvalue weighted by Gasteiger charge is 2.07. The van der Waals surface area contributed by atoms with Crippen molar-refractivity contribution < 1.29 is 0 Å². The lowest BCUT2D eigenvalue weighted by atomic mass is 9.97. The number of rotatable bonds is 6. The molecule has 0 unspecified atom stereocenters. The zero-order valence-corrected chi connectivity index (χ0v) is 20.6. The smallest absolute Gasteiger partial charge is 0.125 e. The van der Waals surface area contributed by atoms with Crippen molar-refractivity contribution in [3.05, 3.63) is 83.9 Å². The molecule has 32 heavy (non-hydrogen) atoms. The first-order chi connectivity index (χ1) is 14.3. The van der Waals surface area contributed by atoms with Crippen molar-refractivity contribution in [3.63, 3.8) is 0 Å². The summed E-state index contributed by atoms with van der Waals surface area (Å²) in [6, 6.07) is 25.2. The third kappa shape index (κ3) is 7.11. The maximum atomic E-state index is 6.17. The number of hydrogen-bond donors (Lipinski definition) is 2. The highest BCUT2D eigenvalue weighted by Crippen LogP contribution is 2.27. The quantitative estimate of drug-likeness (QED) is 0.337. The summed E-state index contributed by atoms with van der Waals surface area (Å²) < 4.78 is 0. The first-order valence-electron chi connectivity index (χ1n) is 10.3. The van der Waals surface area contributed by atoms with Gasteiger partial charge in [0, 0.05) is 23.2 Å². The van der Waals surface area contributed by atoms with Gasteiger partial charge in [-0.15, -0.1) is 24.8 Å². The molecule has 0 aliphatic heterocycles. The van der Waals surface area contributed by atoms with Crippen molar-refractivity contribution in [2.75, 3.05) is 0 Å². The molecule has 0 radical (unpaired) electrons. The van der Waals surface area contributed by atoms with E-state index in [0.717, 1.165) is 33.4 Å². The van der Waals surface area contributed by atoms with Gasteiger partial charge in [0.1, 0.15) is 11.7 Å². The van der Waals surface area contributed by atoms with Crippen LogP contribution in [0.4, 0.5) is 0 Å². The normalized spacial score (nSPS) is 11.8. The highest BCUT2D eigenvalue weighted by atomic mass is 35.5. The van der Waals surface area contributed by atoms with Gasteiger partial charge in [-0.25, -0.2) is 0 Å². The van der Waals surface area contributed by atoms with Crippen LogP contribution in [0.5, 0.6) is 0 Å². The van der Waals surface area contributed by atoms with Crippen molar-refractivity contribution in [2.24, 2.45) is 21.5 Å². The molecule has 170 valence electrons. The molecule has 0 fully saturated rings. The van der Waals surface area contributed by atoms with Gasteiger partial charge >= 0.3 is 0 Å². The number of nitrogens with two attached hydrogens (primary N) is 2. The molecule has 3 aromatic carbocycles. The molecule has 0 spiro atoms. The largest absolute Gasteiger partial charge is 0.383 e. The SMILES string of the molecule is CC(C)N=C(N)c1cccc(-c2cccc(-c3cccc(C(N)=NC(C)C)c3)c2)c1.Cl.Cl. The Kier molecular flexibility index (Phi) is 10.4. The summed E-state index contributed by atoms with van der Waals surface area (Å²) in [5, 5.41) is 0. The second kappa shape index (κ2) is 12.3. The van der Waals surface area contributed by atoms with Gasteiger partial charge in [0.05, 0.1) is 0 Å². The van der Waals surface area contributed by atoms with E-state index in [9.17, 15) is 0 Å². The number of amidine groups is 2. The second-order valence-corrected chi connectivity index (χ2v) is 7.96. The summed E-state index contributed by atoms with van der Waals surface area (Å²) in [6.07, 6.45) is 0. The Labute approximate surface area is 203 Å². The third-order valence-electron chi connectivity index (χ3n) is 4.64. The summed E-state index contributed by atoms with van der Waals surface area (Å²) in [7, 11) is 0. The average molecular weight is 471 g/mol. The Balaban J connectivity index is 0.00000256. The Bertz CT molecular complexity index is 1010. The Morgan fingerprint density at radius 3 is 1.22 bits per heavy atom. The van der Waals surface area contributed by atoms with Crippen LogP contribution in [0.1, 0.15) is 38.8 Å². The molecule has 0 aromatic heterocycles. The van der Waals surface area contributed by atoms with Gasteiger partial charge in [0.2, 0.25) is 0 Å². The van der Waals surface area contributed by atoms with E-state index in [1.807, 2.05) is 52.0 Å². The number of halogens is 2. The first-order valence-corrected chi connectivity index (χ1v) is 10.3. The Hall–Kier alpha value is -2.82. The minimum Gasteiger partial charge on any atom is -0.383 e. The lowest BCUT2D eigenvalue weighted by molar-refractivity contribution is 0.834. The molecule has 0 saturated carbocycles. The van der Waals surface area contributed by atoms with Crippen molar-refractivity contribution in [1.29, 1.82) is 0 Å². The molecule has 4 N–H and O–H groups in total. The minimum absolute atomic E-state index is 0. The molecular weight excluding hydrogens is 439 g/mol. The fourth-order valence-corrected chi connectivity index (χ4v) is 3.30. The van der Waals surface area contributed by atoms with Crippen LogP contribution in [0.3, 0.4) is 0 Å².